The number of ketones is 2. The third kappa shape index (κ3) is 1.22. The van der Waals surface area contributed by atoms with Crippen LogP contribution in [0.15, 0.2) is 30.0 Å². The SMILES string of the molecule is COc1ccc2c(c1)C(=O)/C(=C\O)C2=O. The number of carbonyl (C=O) groups is 2. The first-order valence-corrected chi connectivity index (χ1v) is 4.31. The highest BCUT2D eigenvalue weighted by Gasteiger charge is 2.33. The van der Waals surface area contributed by atoms with Gasteiger partial charge in [0.05, 0.1) is 13.4 Å². The average molecular weight is 204 g/mol. The van der Waals surface area contributed by atoms with Gasteiger partial charge in [0.15, 0.2) is 0 Å². The standard InChI is InChI=1S/C11H8O4/c1-15-6-2-3-7-8(4-6)11(14)9(5-12)10(7)13/h2-5,12H,1H3/b9-5-. The van der Waals surface area contributed by atoms with Crippen LogP contribution >= 0.6 is 0 Å². The van der Waals surface area contributed by atoms with Crippen molar-refractivity contribution in [1.82, 2.24) is 0 Å². The van der Waals surface area contributed by atoms with Crippen LogP contribution < -0.4 is 4.74 Å². The highest BCUT2D eigenvalue weighted by molar-refractivity contribution is 6.39. The normalized spacial score (nSPS) is 17.0. The lowest BCUT2D eigenvalue weighted by Crippen LogP contribution is -1.99. The summed E-state index contributed by atoms with van der Waals surface area (Å²) in [6.45, 7) is 0. The van der Waals surface area contributed by atoms with Crippen LogP contribution in [0.4, 0.5) is 0 Å². The Bertz CT molecular complexity index is 485. The van der Waals surface area contributed by atoms with Crippen molar-refractivity contribution in [3.63, 3.8) is 0 Å². The summed E-state index contributed by atoms with van der Waals surface area (Å²) in [5.41, 5.74) is 0.388. The third-order valence-corrected chi connectivity index (χ3v) is 2.33. The monoisotopic (exact) mass is 204 g/mol. The zero-order chi connectivity index (χ0) is 11.0. The number of rotatable bonds is 1. The quantitative estimate of drug-likeness (QED) is 0.428. The van der Waals surface area contributed by atoms with E-state index in [4.69, 9.17) is 9.84 Å². The maximum Gasteiger partial charge on any atom is 0.200 e. The molecule has 0 fully saturated rings. The first-order chi connectivity index (χ1) is 7.19. The lowest BCUT2D eigenvalue weighted by Gasteiger charge is -2.00. The lowest BCUT2D eigenvalue weighted by molar-refractivity contribution is 0.0984. The molecule has 76 valence electrons. The third-order valence-electron chi connectivity index (χ3n) is 2.33. The molecule has 1 aromatic rings. The van der Waals surface area contributed by atoms with Gasteiger partial charge in [-0.1, -0.05) is 0 Å². The minimum Gasteiger partial charge on any atom is -0.515 e. The number of allylic oxidation sites excluding steroid dienone is 1. The molecule has 2 rings (SSSR count). The van der Waals surface area contributed by atoms with Crippen LogP contribution in [0, 0.1) is 0 Å². The van der Waals surface area contributed by atoms with Gasteiger partial charge in [0, 0.05) is 11.1 Å². The van der Waals surface area contributed by atoms with E-state index in [1.165, 1.54) is 19.2 Å². The van der Waals surface area contributed by atoms with Gasteiger partial charge >= 0.3 is 0 Å². The van der Waals surface area contributed by atoms with Gasteiger partial charge in [-0.05, 0) is 18.2 Å². The molecule has 0 aromatic heterocycles. The topological polar surface area (TPSA) is 63.6 Å². The molecule has 4 nitrogen and oxygen atoms in total. The smallest absolute Gasteiger partial charge is 0.200 e. The minimum absolute atomic E-state index is 0.196. The van der Waals surface area contributed by atoms with Crippen molar-refractivity contribution in [2.75, 3.05) is 7.11 Å². The highest BCUT2D eigenvalue weighted by Crippen LogP contribution is 2.29. The summed E-state index contributed by atoms with van der Waals surface area (Å²) in [4.78, 5) is 23.1. The molecule has 0 saturated heterocycles. The Kier molecular flexibility index (Phi) is 2.04. The molecule has 0 radical (unpaired) electrons. The van der Waals surface area contributed by atoms with E-state index in [1.54, 1.807) is 6.07 Å². The Hall–Kier alpha value is -2.10. The summed E-state index contributed by atoms with van der Waals surface area (Å²) in [7, 11) is 1.48. The van der Waals surface area contributed by atoms with Gasteiger partial charge in [0.2, 0.25) is 11.6 Å². The molecule has 1 N–H and O–H groups in total. The average Bonchev–Trinajstić information content (AvgIpc) is 2.51. The Morgan fingerprint density at radius 2 is 1.87 bits per heavy atom. The van der Waals surface area contributed by atoms with Crippen molar-refractivity contribution in [2.45, 2.75) is 0 Å². The van der Waals surface area contributed by atoms with Crippen LogP contribution in [0.3, 0.4) is 0 Å². The summed E-state index contributed by atoms with van der Waals surface area (Å²) >= 11 is 0. The highest BCUT2D eigenvalue weighted by atomic mass is 16.5. The molecular weight excluding hydrogens is 196 g/mol. The fourth-order valence-electron chi connectivity index (χ4n) is 1.55. The number of fused-ring (bicyclic) bond motifs is 1. The molecule has 0 amide bonds. The van der Waals surface area contributed by atoms with Gasteiger partial charge in [-0.25, -0.2) is 0 Å². The predicted octanol–water partition coefficient (Wildman–Crippen LogP) is 1.52. The number of Topliss-reactive ketones (excluding diaryl/α,β-unsaturated/α-hetero) is 2. The summed E-state index contributed by atoms with van der Waals surface area (Å²) in [5.74, 6) is -0.398. The number of aliphatic hydroxyl groups is 1. The van der Waals surface area contributed by atoms with Crippen LogP contribution in [0.1, 0.15) is 20.7 Å². The molecule has 1 aromatic carbocycles. The van der Waals surface area contributed by atoms with Crippen molar-refractivity contribution in [1.29, 1.82) is 0 Å². The number of aliphatic hydroxyl groups excluding tert-OH is 1. The zero-order valence-corrected chi connectivity index (χ0v) is 7.98. The van der Waals surface area contributed by atoms with E-state index in [1.807, 2.05) is 0 Å². The second-order valence-corrected chi connectivity index (χ2v) is 3.11. The van der Waals surface area contributed by atoms with Crippen LogP contribution in [0.25, 0.3) is 0 Å². The van der Waals surface area contributed by atoms with E-state index in [9.17, 15) is 9.59 Å². The first kappa shape index (κ1) is 9.45. The van der Waals surface area contributed by atoms with E-state index in [0.29, 0.717) is 17.6 Å². The molecule has 0 atom stereocenters. The van der Waals surface area contributed by atoms with Crippen molar-refractivity contribution in [2.24, 2.45) is 0 Å². The molecule has 0 spiro atoms. The minimum atomic E-state index is -0.462. The Morgan fingerprint density at radius 3 is 2.47 bits per heavy atom. The Balaban J connectivity index is 2.63. The van der Waals surface area contributed by atoms with E-state index < -0.39 is 11.6 Å². The molecule has 1 aliphatic rings. The van der Waals surface area contributed by atoms with Gasteiger partial charge in [-0.2, -0.15) is 0 Å². The van der Waals surface area contributed by atoms with E-state index in [0.717, 1.165) is 0 Å². The van der Waals surface area contributed by atoms with Gasteiger partial charge in [0.1, 0.15) is 11.3 Å². The van der Waals surface area contributed by atoms with Crippen LogP contribution in [-0.4, -0.2) is 23.8 Å². The van der Waals surface area contributed by atoms with Crippen molar-refractivity contribution in [3.05, 3.63) is 41.2 Å². The molecular formula is C11H8O4. The zero-order valence-electron chi connectivity index (χ0n) is 7.98. The van der Waals surface area contributed by atoms with Crippen LogP contribution in [0.2, 0.25) is 0 Å². The summed E-state index contributed by atoms with van der Waals surface area (Å²) in [5, 5.41) is 8.77. The van der Waals surface area contributed by atoms with Crippen molar-refractivity contribution in [3.8, 4) is 5.75 Å². The number of ether oxygens (including phenoxy) is 1. The number of hydrogen-bond donors (Lipinski definition) is 1. The second kappa shape index (κ2) is 3.24. The predicted molar refractivity (Wildman–Crippen MR) is 52.4 cm³/mol. The van der Waals surface area contributed by atoms with E-state index in [2.05, 4.69) is 0 Å². The largest absolute Gasteiger partial charge is 0.515 e. The van der Waals surface area contributed by atoms with Crippen molar-refractivity contribution < 1.29 is 19.4 Å². The van der Waals surface area contributed by atoms with Gasteiger partial charge in [-0.15, -0.1) is 0 Å². The van der Waals surface area contributed by atoms with Crippen molar-refractivity contribution >= 4 is 11.6 Å². The molecule has 1 aliphatic carbocycles. The molecule has 0 unspecified atom stereocenters. The van der Waals surface area contributed by atoms with E-state index >= 15 is 0 Å². The van der Waals surface area contributed by atoms with Crippen LogP contribution in [-0.2, 0) is 0 Å². The first-order valence-electron chi connectivity index (χ1n) is 4.31. The molecule has 4 heteroatoms. The maximum absolute atomic E-state index is 11.6. The van der Waals surface area contributed by atoms with Gasteiger partial charge in [0.25, 0.3) is 0 Å². The number of methoxy groups -OCH3 is 1. The number of benzene rings is 1. The fourth-order valence-corrected chi connectivity index (χ4v) is 1.55. The maximum atomic E-state index is 11.6. The lowest BCUT2D eigenvalue weighted by atomic mass is 10.1. The van der Waals surface area contributed by atoms with E-state index in [-0.39, 0.29) is 11.1 Å². The Morgan fingerprint density at radius 1 is 1.20 bits per heavy atom. The summed E-state index contributed by atoms with van der Waals surface area (Å²) in [6, 6.07) is 4.61. The Labute approximate surface area is 85.8 Å². The molecule has 0 saturated carbocycles. The molecule has 0 heterocycles. The summed E-state index contributed by atoms with van der Waals surface area (Å²) in [6.07, 6.45) is 0.553. The molecule has 0 bridgehead atoms. The number of carbonyl (C=O) groups excluding carboxylic acids is 2. The fraction of sp³-hybridized carbons (Fsp3) is 0.0909. The van der Waals surface area contributed by atoms with Gasteiger partial charge in [-0.3, -0.25) is 9.59 Å². The molecule has 0 aliphatic heterocycles. The van der Waals surface area contributed by atoms with Gasteiger partial charge < -0.3 is 9.84 Å². The number of hydrogen-bond acceptors (Lipinski definition) is 4. The summed E-state index contributed by atoms with van der Waals surface area (Å²) < 4.78 is 4.95. The van der Waals surface area contributed by atoms with Crippen LogP contribution in [0.5, 0.6) is 5.75 Å². The second-order valence-electron chi connectivity index (χ2n) is 3.11. The molecule has 15 heavy (non-hydrogen) atoms.